The highest BCUT2D eigenvalue weighted by atomic mass is 79.9. The molecule has 0 aliphatic carbocycles. The second kappa shape index (κ2) is 4.92. The van der Waals surface area contributed by atoms with Crippen molar-refractivity contribution in [1.29, 1.82) is 0 Å². The number of halogens is 1. The minimum Gasteiger partial charge on any atom is -0.378 e. The van der Waals surface area contributed by atoms with Gasteiger partial charge in [-0.1, -0.05) is 0 Å². The van der Waals surface area contributed by atoms with Crippen molar-refractivity contribution in [3.63, 3.8) is 0 Å². The summed E-state index contributed by atoms with van der Waals surface area (Å²) < 4.78 is 6.14. The number of anilines is 1. The van der Waals surface area contributed by atoms with Crippen molar-refractivity contribution < 1.29 is 4.74 Å². The van der Waals surface area contributed by atoms with Gasteiger partial charge in [-0.15, -0.1) is 0 Å². The molecule has 0 radical (unpaired) electrons. The molecule has 1 aromatic rings. The van der Waals surface area contributed by atoms with Crippen molar-refractivity contribution >= 4 is 21.6 Å². The molecule has 17 heavy (non-hydrogen) atoms. The van der Waals surface area contributed by atoms with Crippen LogP contribution in [0.3, 0.4) is 0 Å². The fourth-order valence-electron chi connectivity index (χ4n) is 2.33. The van der Waals surface area contributed by atoms with Crippen LogP contribution in [0.1, 0.15) is 0 Å². The smallest absolute Gasteiger partial charge is 0.106 e. The van der Waals surface area contributed by atoms with Crippen molar-refractivity contribution in [3.05, 3.63) is 22.9 Å². The highest BCUT2D eigenvalue weighted by molar-refractivity contribution is 9.10. The molecule has 1 aromatic heterocycles. The van der Waals surface area contributed by atoms with Gasteiger partial charge in [0, 0.05) is 26.2 Å². The lowest BCUT2D eigenvalue weighted by Crippen LogP contribution is -2.56. The first-order chi connectivity index (χ1) is 8.33. The molecular formula is C12H16BrN3O. The molecule has 2 aliphatic heterocycles. The van der Waals surface area contributed by atoms with Crippen molar-refractivity contribution in [2.24, 2.45) is 0 Å². The van der Waals surface area contributed by atoms with E-state index in [2.05, 4.69) is 36.8 Å². The Bertz CT molecular complexity index is 372. The Kier molecular flexibility index (Phi) is 3.31. The fraction of sp³-hybridized carbons (Fsp3) is 0.583. The highest BCUT2D eigenvalue weighted by Crippen LogP contribution is 2.19. The van der Waals surface area contributed by atoms with E-state index >= 15 is 0 Å². The van der Waals surface area contributed by atoms with E-state index in [-0.39, 0.29) is 0 Å². The molecule has 4 nitrogen and oxygen atoms in total. The van der Waals surface area contributed by atoms with E-state index in [1.807, 2.05) is 12.3 Å². The van der Waals surface area contributed by atoms with Crippen LogP contribution in [-0.4, -0.2) is 55.3 Å². The quantitative estimate of drug-likeness (QED) is 0.771. The molecule has 0 bridgehead atoms. The van der Waals surface area contributed by atoms with Gasteiger partial charge >= 0.3 is 0 Å². The topological polar surface area (TPSA) is 28.6 Å². The summed E-state index contributed by atoms with van der Waals surface area (Å²) in [6.07, 6.45) is 1.94. The van der Waals surface area contributed by atoms with Gasteiger partial charge in [0.2, 0.25) is 0 Å². The van der Waals surface area contributed by atoms with Gasteiger partial charge in [-0.05, 0) is 28.1 Å². The Labute approximate surface area is 110 Å². The maximum atomic E-state index is 5.24. The van der Waals surface area contributed by atoms with Crippen LogP contribution in [0.2, 0.25) is 0 Å². The predicted octanol–water partition coefficient (Wildman–Crippen LogP) is 1.36. The van der Waals surface area contributed by atoms with Gasteiger partial charge in [0.1, 0.15) is 4.60 Å². The summed E-state index contributed by atoms with van der Waals surface area (Å²) in [6.45, 7) is 6.26. The molecule has 3 rings (SSSR count). The van der Waals surface area contributed by atoms with Crippen LogP contribution in [-0.2, 0) is 4.74 Å². The molecule has 0 amide bonds. The Hall–Kier alpha value is -0.650. The molecule has 2 saturated heterocycles. The van der Waals surface area contributed by atoms with Crippen molar-refractivity contribution in [2.45, 2.75) is 6.04 Å². The van der Waals surface area contributed by atoms with Gasteiger partial charge in [0.25, 0.3) is 0 Å². The van der Waals surface area contributed by atoms with Gasteiger partial charge in [-0.2, -0.15) is 0 Å². The van der Waals surface area contributed by atoms with Crippen LogP contribution in [0.25, 0.3) is 0 Å². The molecule has 0 saturated carbocycles. The molecule has 2 aliphatic rings. The van der Waals surface area contributed by atoms with Crippen LogP contribution >= 0.6 is 15.9 Å². The molecule has 0 unspecified atom stereocenters. The van der Waals surface area contributed by atoms with Gasteiger partial charge in [0.15, 0.2) is 0 Å². The lowest BCUT2D eigenvalue weighted by Gasteiger charge is -2.43. The first-order valence-electron chi connectivity index (χ1n) is 6.01. The number of aromatic nitrogens is 1. The Morgan fingerprint density at radius 2 is 1.94 bits per heavy atom. The molecule has 0 aromatic carbocycles. The molecule has 0 spiro atoms. The van der Waals surface area contributed by atoms with Crippen molar-refractivity contribution in [3.8, 4) is 0 Å². The monoisotopic (exact) mass is 297 g/mol. The Balaban J connectivity index is 1.58. The van der Waals surface area contributed by atoms with Gasteiger partial charge in [-0.25, -0.2) is 4.98 Å². The van der Waals surface area contributed by atoms with E-state index in [1.54, 1.807) is 0 Å². The largest absolute Gasteiger partial charge is 0.378 e. The number of hydrogen-bond donors (Lipinski definition) is 0. The number of hydrogen-bond acceptors (Lipinski definition) is 4. The molecule has 0 atom stereocenters. The van der Waals surface area contributed by atoms with Gasteiger partial charge in [0.05, 0.1) is 31.1 Å². The third kappa shape index (κ3) is 2.46. The van der Waals surface area contributed by atoms with Crippen molar-refractivity contribution in [1.82, 2.24) is 9.88 Å². The van der Waals surface area contributed by atoms with E-state index in [4.69, 9.17) is 4.74 Å². The summed E-state index contributed by atoms with van der Waals surface area (Å²) >= 11 is 3.36. The summed E-state index contributed by atoms with van der Waals surface area (Å²) in [5.41, 5.74) is 1.22. The van der Waals surface area contributed by atoms with Crippen LogP contribution in [0, 0.1) is 0 Å². The van der Waals surface area contributed by atoms with Crippen LogP contribution in [0.4, 0.5) is 5.69 Å². The van der Waals surface area contributed by atoms with E-state index < -0.39 is 0 Å². The second-order valence-electron chi connectivity index (χ2n) is 4.55. The van der Waals surface area contributed by atoms with E-state index in [9.17, 15) is 0 Å². The standard InChI is InChI=1S/C12H16BrN3O/c13-12-2-1-10(7-14-12)15-3-5-16(6-4-15)11-8-17-9-11/h1-2,7,11H,3-6,8-9H2. The normalized spacial score (nSPS) is 22.5. The Morgan fingerprint density at radius 1 is 1.18 bits per heavy atom. The molecule has 3 heterocycles. The zero-order chi connectivity index (χ0) is 11.7. The van der Waals surface area contributed by atoms with E-state index in [1.165, 1.54) is 5.69 Å². The zero-order valence-corrected chi connectivity index (χ0v) is 11.3. The lowest BCUT2D eigenvalue weighted by molar-refractivity contribution is -0.0660. The summed E-state index contributed by atoms with van der Waals surface area (Å²) in [7, 11) is 0. The third-order valence-corrected chi connectivity index (χ3v) is 4.00. The van der Waals surface area contributed by atoms with Crippen LogP contribution in [0.15, 0.2) is 22.9 Å². The molecule has 5 heteroatoms. The zero-order valence-electron chi connectivity index (χ0n) is 9.68. The molecule has 92 valence electrons. The van der Waals surface area contributed by atoms with Crippen LogP contribution < -0.4 is 4.90 Å². The van der Waals surface area contributed by atoms with E-state index in [0.29, 0.717) is 6.04 Å². The van der Waals surface area contributed by atoms with Gasteiger partial charge < -0.3 is 9.64 Å². The number of pyridine rings is 1. The van der Waals surface area contributed by atoms with Crippen LogP contribution in [0.5, 0.6) is 0 Å². The number of ether oxygens (including phenoxy) is 1. The third-order valence-electron chi connectivity index (χ3n) is 3.53. The fourth-order valence-corrected chi connectivity index (χ4v) is 2.57. The average Bonchev–Trinajstić information content (AvgIpc) is 2.29. The number of rotatable bonds is 2. The average molecular weight is 298 g/mol. The SMILES string of the molecule is Brc1ccc(N2CCN(C3COC3)CC2)cn1. The summed E-state index contributed by atoms with van der Waals surface area (Å²) in [5, 5.41) is 0. The molecule has 2 fully saturated rings. The minimum atomic E-state index is 0.667. The lowest BCUT2D eigenvalue weighted by atomic mass is 10.2. The summed E-state index contributed by atoms with van der Waals surface area (Å²) in [4.78, 5) is 9.21. The van der Waals surface area contributed by atoms with E-state index in [0.717, 1.165) is 44.0 Å². The maximum absolute atomic E-state index is 5.24. The summed E-state index contributed by atoms with van der Waals surface area (Å²) in [5.74, 6) is 0. The maximum Gasteiger partial charge on any atom is 0.106 e. The number of piperazine rings is 1. The predicted molar refractivity (Wildman–Crippen MR) is 70.3 cm³/mol. The highest BCUT2D eigenvalue weighted by Gasteiger charge is 2.28. The molecular weight excluding hydrogens is 282 g/mol. The summed E-state index contributed by atoms with van der Waals surface area (Å²) in [6, 6.07) is 4.79. The van der Waals surface area contributed by atoms with Crippen molar-refractivity contribution in [2.75, 3.05) is 44.3 Å². The number of nitrogens with zero attached hydrogens (tertiary/aromatic N) is 3. The Morgan fingerprint density at radius 3 is 2.47 bits per heavy atom. The molecule has 0 N–H and O–H groups in total. The first-order valence-corrected chi connectivity index (χ1v) is 6.80. The minimum absolute atomic E-state index is 0.667. The van der Waals surface area contributed by atoms with Gasteiger partial charge in [-0.3, -0.25) is 4.90 Å². The second-order valence-corrected chi connectivity index (χ2v) is 5.37. The first kappa shape index (κ1) is 11.4.